The molecule has 1 aromatic heterocycles. The Kier molecular flexibility index (Phi) is 6.98. The first kappa shape index (κ1) is 25.0. The molecule has 1 atom stereocenters. The number of hydrogen-bond acceptors (Lipinski definition) is 6. The zero-order chi connectivity index (χ0) is 25.4. The molecule has 3 aromatic rings. The predicted molar refractivity (Wildman–Crippen MR) is 144 cm³/mol. The van der Waals surface area contributed by atoms with Crippen molar-refractivity contribution in [2.45, 2.75) is 43.0 Å². The van der Waals surface area contributed by atoms with E-state index in [1.165, 1.54) is 12.5 Å². The number of anilines is 2. The summed E-state index contributed by atoms with van der Waals surface area (Å²) in [6.07, 6.45) is 5.62. The average molecular weight is 528 g/mol. The standard InChI is InChI=1S/C27H30ClN3O4S/c1-30-25(18-9-4-2-5-10-18)17-31(19-11-6-3-7-12-19)24-16-21(28)20(15-26(24)36(30,34)35)22-13-8-14-23(29-22)27(32)33/h3,6-8,11-16,18,25,34-35H,2,4-5,9-10,17H2,1H3,(H,32,33). The van der Waals surface area contributed by atoms with Crippen LogP contribution in [0.2, 0.25) is 5.02 Å². The molecular formula is C27H30ClN3O4S. The Morgan fingerprint density at radius 3 is 2.44 bits per heavy atom. The maximum atomic E-state index is 11.7. The third-order valence-electron chi connectivity index (χ3n) is 7.38. The first-order chi connectivity index (χ1) is 17.3. The summed E-state index contributed by atoms with van der Waals surface area (Å²) in [6, 6.07) is 17.9. The molecular weight excluding hydrogens is 498 g/mol. The maximum absolute atomic E-state index is 11.7. The maximum Gasteiger partial charge on any atom is 0.354 e. The number of pyridine rings is 1. The SMILES string of the molecule is CN1C(C2CCCCC2)CN(c2ccccc2)c2cc(Cl)c(-c3cccc(C(=O)O)n3)cc2S1(O)O. The van der Waals surface area contributed by atoms with Crippen molar-refractivity contribution in [1.29, 1.82) is 0 Å². The number of hydrogen-bond donors (Lipinski definition) is 3. The third-order valence-corrected chi connectivity index (χ3v) is 9.68. The van der Waals surface area contributed by atoms with Crippen molar-refractivity contribution in [2.24, 2.45) is 5.92 Å². The number of aromatic nitrogens is 1. The Morgan fingerprint density at radius 2 is 1.75 bits per heavy atom. The smallest absolute Gasteiger partial charge is 0.354 e. The van der Waals surface area contributed by atoms with Gasteiger partial charge in [0.15, 0.2) is 0 Å². The number of para-hydroxylation sites is 1. The first-order valence-electron chi connectivity index (χ1n) is 12.2. The number of aromatic carboxylic acids is 1. The lowest BCUT2D eigenvalue weighted by molar-refractivity contribution is 0.0690. The molecule has 0 radical (unpaired) electrons. The van der Waals surface area contributed by atoms with Gasteiger partial charge < -0.3 is 10.0 Å². The summed E-state index contributed by atoms with van der Waals surface area (Å²) in [5.41, 5.74) is 2.29. The molecule has 1 saturated carbocycles. The summed E-state index contributed by atoms with van der Waals surface area (Å²) in [4.78, 5) is 18.2. The zero-order valence-electron chi connectivity index (χ0n) is 20.0. The van der Waals surface area contributed by atoms with Gasteiger partial charge in [0.2, 0.25) is 0 Å². The molecule has 2 aromatic carbocycles. The molecule has 1 aliphatic carbocycles. The molecule has 1 fully saturated rings. The fourth-order valence-electron chi connectivity index (χ4n) is 5.43. The number of carbonyl (C=O) groups is 1. The van der Waals surface area contributed by atoms with Gasteiger partial charge in [-0.05, 0) is 55.2 Å². The van der Waals surface area contributed by atoms with Crippen LogP contribution in [0.1, 0.15) is 42.6 Å². The number of benzene rings is 2. The third kappa shape index (κ3) is 4.60. The van der Waals surface area contributed by atoms with E-state index < -0.39 is 16.7 Å². The lowest BCUT2D eigenvalue weighted by Crippen LogP contribution is -2.45. The number of halogens is 1. The molecule has 2 aliphatic rings. The second-order valence-corrected chi connectivity index (χ2v) is 12.0. The number of nitrogens with zero attached hydrogens (tertiary/aromatic N) is 3. The van der Waals surface area contributed by atoms with Gasteiger partial charge in [0.1, 0.15) is 5.69 Å². The van der Waals surface area contributed by atoms with Crippen molar-refractivity contribution in [3.05, 3.63) is 71.4 Å². The van der Waals surface area contributed by atoms with Crippen LogP contribution in [0.15, 0.2) is 65.6 Å². The molecule has 0 bridgehead atoms. The normalized spacial score (nSPS) is 21.4. The van der Waals surface area contributed by atoms with E-state index in [0.29, 0.717) is 39.3 Å². The van der Waals surface area contributed by atoms with Gasteiger partial charge in [0.25, 0.3) is 0 Å². The van der Waals surface area contributed by atoms with Gasteiger partial charge in [0, 0.05) is 30.9 Å². The zero-order valence-corrected chi connectivity index (χ0v) is 21.6. The Bertz CT molecular complexity index is 1270. The molecule has 2 heterocycles. The number of likely N-dealkylation sites (N-methyl/N-ethyl adjacent to an activating group) is 1. The predicted octanol–water partition coefficient (Wildman–Crippen LogP) is 7.16. The summed E-state index contributed by atoms with van der Waals surface area (Å²) in [5, 5.41) is 9.76. The van der Waals surface area contributed by atoms with Crippen LogP contribution in [0.3, 0.4) is 0 Å². The highest BCUT2D eigenvalue weighted by atomic mass is 35.5. The molecule has 5 rings (SSSR count). The Balaban J connectivity index is 1.69. The Labute approximate surface area is 217 Å². The summed E-state index contributed by atoms with van der Waals surface area (Å²) < 4.78 is 25.2. The van der Waals surface area contributed by atoms with Crippen molar-refractivity contribution in [3.8, 4) is 11.3 Å². The minimum absolute atomic E-state index is 0.0707. The van der Waals surface area contributed by atoms with E-state index in [2.05, 4.69) is 9.88 Å². The molecule has 0 saturated heterocycles. The van der Waals surface area contributed by atoms with Crippen molar-refractivity contribution >= 4 is 39.7 Å². The van der Waals surface area contributed by atoms with Gasteiger partial charge in [-0.2, -0.15) is 4.31 Å². The van der Waals surface area contributed by atoms with Crippen LogP contribution < -0.4 is 4.90 Å². The minimum Gasteiger partial charge on any atom is -0.477 e. The van der Waals surface area contributed by atoms with Gasteiger partial charge in [-0.1, -0.05) is 55.1 Å². The van der Waals surface area contributed by atoms with E-state index in [-0.39, 0.29) is 11.7 Å². The summed E-state index contributed by atoms with van der Waals surface area (Å²) in [5.74, 6) is -0.795. The molecule has 1 aliphatic heterocycles. The minimum atomic E-state index is -3.38. The van der Waals surface area contributed by atoms with Crippen molar-refractivity contribution < 1.29 is 19.0 Å². The van der Waals surface area contributed by atoms with E-state index >= 15 is 0 Å². The van der Waals surface area contributed by atoms with Crippen LogP contribution in [-0.4, -0.2) is 49.1 Å². The van der Waals surface area contributed by atoms with Crippen LogP contribution in [0, 0.1) is 5.92 Å². The lowest BCUT2D eigenvalue weighted by atomic mass is 9.83. The fourth-order valence-corrected chi connectivity index (χ4v) is 7.34. The fraction of sp³-hybridized carbons (Fsp3) is 0.333. The van der Waals surface area contributed by atoms with Gasteiger partial charge in [0.05, 0.1) is 21.3 Å². The highest BCUT2D eigenvalue weighted by Crippen LogP contribution is 2.60. The summed E-state index contributed by atoms with van der Waals surface area (Å²) in [6.45, 7) is 0.594. The first-order valence-corrected chi connectivity index (χ1v) is 14.0. The number of carboxylic acids is 1. The summed E-state index contributed by atoms with van der Waals surface area (Å²) in [7, 11) is -1.59. The number of fused-ring (bicyclic) bond motifs is 1. The van der Waals surface area contributed by atoms with Crippen LogP contribution in [0.25, 0.3) is 11.3 Å². The average Bonchev–Trinajstić information content (AvgIpc) is 2.97. The molecule has 0 spiro atoms. The van der Waals surface area contributed by atoms with Crippen LogP contribution in [-0.2, 0) is 0 Å². The van der Waals surface area contributed by atoms with Crippen LogP contribution >= 0.6 is 22.4 Å². The quantitative estimate of drug-likeness (QED) is 0.331. The van der Waals surface area contributed by atoms with Crippen LogP contribution in [0.4, 0.5) is 11.4 Å². The topological polar surface area (TPSA) is 97.1 Å². The van der Waals surface area contributed by atoms with Crippen molar-refractivity contribution in [3.63, 3.8) is 0 Å². The largest absolute Gasteiger partial charge is 0.477 e. The van der Waals surface area contributed by atoms with E-state index in [0.717, 1.165) is 31.4 Å². The number of rotatable bonds is 4. The van der Waals surface area contributed by atoms with E-state index in [9.17, 15) is 19.0 Å². The molecule has 0 amide bonds. The molecule has 9 heteroatoms. The van der Waals surface area contributed by atoms with Gasteiger partial charge in [-0.3, -0.25) is 9.11 Å². The second kappa shape index (κ2) is 10.0. The van der Waals surface area contributed by atoms with Gasteiger partial charge in [-0.25, -0.2) is 9.78 Å². The molecule has 3 N–H and O–H groups in total. The second-order valence-electron chi connectivity index (χ2n) is 9.49. The Hall–Kier alpha value is -2.62. The van der Waals surface area contributed by atoms with E-state index in [1.807, 2.05) is 30.3 Å². The van der Waals surface area contributed by atoms with E-state index in [1.54, 1.807) is 35.6 Å². The molecule has 1 unspecified atom stereocenters. The lowest BCUT2D eigenvalue weighted by Gasteiger charge is -2.46. The molecule has 36 heavy (non-hydrogen) atoms. The molecule has 190 valence electrons. The highest BCUT2D eigenvalue weighted by molar-refractivity contribution is 8.22. The molecule has 7 nitrogen and oxygen atoms in total. The van der Waals surface area contributed by atoms with Crippen molar-refractivity contribution in [1.82, 2.24) is 9.29 Å². The van der Waals surface area contributed by atoms with Crippen LogP contribution in [0.5, 0.6) is 0 Å². The van der Waals surface area contributed by atoms with Gasteiger partial charge in [-0.15, -0.1) is 10.8 Å². The number of carboxylic acid groups (broad SMARTS) is 1. The highest BCUT2D eigenvalue weighted by Gasteiger charge is 2.41. The van der Waals surface area contributed by atoms with E-state index in [4.69, 9.17) is 11.6 Å². The monoisotopic (exact) mass is 527 g/mol. The Morgan fingerprint density at radius 1 is 1.03 bits per heavy atom. The van der Waals surface area contributed by atoms with Crippen molar-refractivity contribution in [2.75, 3.05) is 18.5 Å². The van der Waals surface area contributed by atoms with Gasteiger partial charge >= 0.3 is 5.97 Å². The summed E-state index contributed by atoms with van der Waals surface area (Å²) >= 11 is 6.77.